The van der Waals surface area contributed by atoms with E-state index < -0.39 is 0 Å². The van der Waals surface area contributed by atoms with Gasteiger partial charge in [0.25, 0.3) is 0 Å². The summed E-state index contributed by atoms with van der Waals surface area (Å²) in [6.45, 7) is 5.76. The van der Waals surface area contributed by atoms with Gasteiger partial charge in [0.05, 0.1) is 0 Å². The summed E-state index contributed by atoms with van der Waals surface area (Å²) in [6.07, 6.45) is 5.22. The summed E-state index contributed by atoms with van der Waals surface area (Å²) >= 11 is 0. The fourth-order valence-electron chi connectivity index (χ4n) is 2.69. The first-order chi connectivity index (χ1) is 8.33. The van der Waals surface area contributed by atoms with Gasteiger partial charge in [0, 0.05) is 18.8 Å². The maximum atomic E-state index is 3.26. The average Bonchev–Trinajstić information content (AvgIpc) is 2.38. The van der Waals surface area contributed by atoms with Crippen molar-refractivity contribution in [1.29, 1.82) is 0 Å². The van der Waals surface area contributed by atoms with Crippen molar-refractivity contribution in [3.63, 3.8) is 0 Å². The zero-order valence-electron chi connectivity index (χ0n) is 11.1. The van der Waals surface area contributed by atoms with Crippen LogP contribution < -0.4 is 10.2 Å². The molecule has 0 saturated carbocycles. The Labute approximate surface area is 105 Å². The molecule has 0 aromatic heterocycles. The van der Waals surface area contributed by atoms with Gasteiger partial charge in [-0.2, -0.15) is 0 Å². The quantitative estimate of drug-likeness (QED) is 0.858. The average molecular weight is 232 g/mol. The van der Waals surface area contributed by atoms with Gasteiger partial charge in [0.1, 0.15) is 0 Å². The van der Waals surface area contributed by atoms with E-state index in [1.54, 1.807) is 0 Å². The number of likely N-dealkylation sites (N-methyl/N-ethyl adjacent to an activating group) is 1. The van der Waals surface area contributed by atoms with Crippen LogP contribution in [0.2, 0.25) is 0 Å². The van der Waals surface area contributed by atoms with Gasteiger partial charge in [0.2, 0.25) is 0 Å². The van der Waals surface area contributed by atoms with Crippen molar-refractivity contribution >= 4 is 5.69 Å². The molecule has 1 aliphatic heterocycles. The Hall–Kier alpha value is -1.02. The molecule has 0 spiro atoms. The predicted molar refractivity (Wildman–Crippen MR) is 74.9 cm³/mol. The van der Waals surface area contributed by atoms with Crippen molar-refractivity contribution in [1.82, 2.24) is 5.32 Å². The summed E-state index contributed by atoms with van der Waals surface area (Å²) in [5, 5.41) is 3.26. The monoisotopic (exact) mass is 232 g/mol. The van der Waals surface area contributed by atoms with Crippen LogP contribution in [0.15, 0.2) is 18.2 Å². The molecule has 1 aliphatic rings. The van der Waals surface area contributed by atoms with E-state index in [1.807, 2.05) is 7.05 Å². The molecule has 1 saturated heterocycles. The van der Waals surface area contributed by atoms with Crippen LogP contribution in [0.5, 0.6) is 0 Å². The van der Waals surface area contributed by atoms with Gasteiger partial charge < -0.3 is 10.2 Å². The SMILES string of the molecule is CNCCc1c(C)cccc1N1CCCCC1. The number of aryl methyl sites for hydroxylation is 1. The molecule has 0 atom stereocenters. The highest BCUT2D eigenvalue weighted by Gasteiger charge is 2.15. The Bertz CT molecular complexity index is 354. The first-order valence-electron chi connectivity index (χ1n) is 6.81. The third-order valence-electron chi connectivity index (χ3n) is 3.71. The van der Waals surface area contributed by atoms with E-state index in [-0.39, 0.29) is 0 Å². The second-order valence-electron chi connectivity index (χ2n) is 4.97. The Morgan fingerprint density at radius 2 is 1.94 bits per heavy atom. The van der Waals surface area contributed by atoms with Crippen molar-refractivity contribution in [2.45, 2.75) is 32.6 Å². The number of benzene rings is 1. The molecule has 2 nitrogen and oxygen atoms in total. The number of hydrogen-bond acceptors (Lipinski definition) is 2. The van der Waals surface area contributed by atoms with Crippen LogP contribution >= 0.6 is 0 Å². The third-order valence-corrected chi connectivity index (χ3v) is 3.71. The Balaban J connectivity index is 2.21. The topological polar surface area (TPSA) is 15.3 Å². The second-order valence-corrected chi connectivity index (χ2v) is 4.97. The number of hydrogen-bond donors (Lipinski definition) is 1. The fourth-order valence-corrected chi connectivity index (χ4v) is 2.69. The number of rotatable bonds is 4. The van der Waals surface area contributed by atoms with Crippen LogP contribution in [0.25, 0.3) is 0 Å². The van der Waals surface area contributed by atoms with Crippen molar-refractivity contribution in [3.8, 4) is 0 Å². The van der Waals surface area contributed by atoms with E-state index >= 15 is 0 Å². The minimum Gasteiger partial charge on any atom is -0.371 e. The van der Waals surface area contributed by atoms with Gasteiger partial charge in [-0.15, -0.1) is 0 Å². The molecule has 1 fully saturated rings. The van der Waals surface area contributed by atoms with E-state index in [1.165, 1.54) is 49.2 Å². The molecule has 0 bridgehead atoms. The molecule has 0 amide bonds. The summed E-state index contributed by atoms with van der Waals surface area (Å²) in [5.74, 6) is 0. The van der Waals surface area contributed by atoms with Crippen molar-refractivity contribution < 1.29 is 0 Å². The molecule has 1 N–H and O–H groups in total. The van der Waals surface area contributed by atoms with Crippen LogP contribution in [0, 0.1) is 6.92 Å². The van der Waals surface area contributed by atoms with Crippen LogP contribution in [-0.4, -0.2) is 26.7 Å². The smallest absolute Gasteiger partial charge is 0.0401 e. The van der Waals surface area contributed by atoms with E-state index in [0.29, 0.717) is 0 Å². The largest absolute Gasteiger partial charge is 0.371 e. The molecule has 2 rings (SSSR count). The maximum Gasteiger partial charge on any atom is 0.0401 e. The molecule has 0 aliphatic carbocycles. The van der Waals surface area contributed by atoms with Gasteiger partial charge >= 0.3 is 0 Å². The first-order valence-corrected chi connectivity index (χ1v) is 6.81. The van der Waals surface area contributed by atoms with E-state index in [9.17, 15) is 0 Å². The van der Waals surface area contributed by atoms with Crippen LogP contribution in [-0.2, 0) is 6.42 Å². The van der Waals surface area contributed by atoms with Gasteiger partial charge in [-0.3, -0.25) is 0 Å². The fraction of sp³-hybridized carbons (Fsp3) is 0.600. The highest BCUT2D eigenvalue weighted by Crippen LogP contribution is 2.26. The van der Waals surface area contributed by atoms with Gasteiger partial charge in [-0.05, 0) is 63.4 Å². The summed E-state index contributed by atoms with van der Waals surface area (Å²) < 4.78 is 0. The Morgan fingerprint density at radius 1 is 1.18 bits per heavy atom. The van der Waals surface area contributed by atoms with Crippen molar-refractivity contribution in [2.75, 3.05) is 31.6 Å². The van der Waals surface area contributed by atoms with E-state index in [2.05, 4.69) is 35.3 Å². The highest BCUT2D eigenvalue weighted by atomic mass is 15.1. The van der Waals surface area contributed by atoms with Crippen molar-refractivity contribution in [3.05, 3.63) is 29.3 Å². The standard InChI is InChI=1S/C15H24N2/c1-13-7-6-8-15(14(13)9-10-16-2)17-11-4-3-5-12-17/h6-8,16H,3-5,9-12H2,1-2H3. The normalized spacial score (nSPS) is 16.2. The second kappa shape index (κ2) is 6.06. The lowest BCUT2D eigenvalue weighted by atomic mass is 10.0. The molecular formula is C15H24N2. The predicted octanol–water partition coefficient (Wildman–Crippen LogP) is 2.75. The highest BCUT2D eigenvalue weighted by molar-refractivity contribution is 5.57. The van der Waals surface area contributed by atoms with Crippen molar-refractivity contribution in [2.24, 2.45) is 0 Å². The van der Waals surface area contributed by atoms with Gasteiger partial charge in [0.15, 0.2) is 0 Å². The minimum absolute atomic E-state index is 1.06. The Kier molecular flexibility index (Phi) is 4.43. The van der Waals surface area contributed by atoms with Gasteiger partial charge in [-0.1, -0.05) is 12.1 Å². The molecule has 94 valence electrons. The maximum absolute atomic E-state index is 3.26. The number of anilines is 1. The van der Waals surface area contributed by atoms with Crippen LogP contribution in [0.4, 0.5) is 5.69 Å². The van der Waals surface area contributed by atoms with Gasteiger partial charge in [-0.25, -0.2) is 0 Å². The molecule has 1 heterocycles. The summed E-state index contributed by atoms with van der Waals surface area (Å²) in [7, 11) is 2.03. The van der Waals surface area contributed by atoms with E-state index in [4.69, 9.17) is 0 Å². The lowest BCUT2D eigenvalue weighted by molar-refractivity contribution is 0.575. The summed E-state index contributed by atoms with van der Waals surface area (Å²) in [6, 6.07) is 6.73. The molecule has 1 aromatic rings. The summed E-state index contributed by atoms with van der Waals surface area (Å²) in [5.41, 5.74) is 4.44. The number of piperidine rings is 1. The molecule has 0 unspecified atom stereocenters. The lowest BCUT2D eigenvalue weighted by Crippen LogP contribution is -2.30. The number of nitrogens with zero attached hydrogens (tertiary/aromatic N) is 1. The van der Waals surface area contributed by atoms with Crippen LogP contribution in [0.3, 0.4) is 0 Å². The van der Waals surface area contributed by atoms with Crippen LogP contribution in [0.1, 0.15) is 30.4 Å². The first kappa shape index (κ1) is 12.4. The Morgan fingerprint density at radius 3 is 2.65 bits per heavy atom. The third kappa shape index (κ3) is 3.01. The minimum atomic E-state index is 1.06. The zero-order chi connectivity index (χ0) is 12.1. The molecular weight excluding hydrogens is 208 g/mol. The number of nitrogens with one attached hydrogen (secondary N) is 1. The molecule has 0 radical (unpaired) electrons. The molecule has 17 heavy (non-hydrogen) atoms. The zero-order valence-corrected chi connectivity index (χ0v) is 11.1. The summed E-state index contributed by atoms with van der Waals surface area (Å²) in [4.78, 5) is 2.57. The lowest BCUT2D eigenvalue weighted by Gasteiger charge is -2.31. The molecule has 1 aromatic carbocycles. The van der Waals surface area contributed by atoms with E-state index in [0.717, 1.165) is 13.0 Å². The molecule has 2 heteroatoms.